The van der Waals surface area contributed by atoms with Gasteiger partial charge in [-0.05, 0) is 18.4 Å². The van der Waals surface area contributed by atoms with E-state index in [9.17, 15) is 4.79 Å². The normalized spacial score (nSPS) is 14.7. The predicted molar refractivity (Wildman–Crippen MR) is 88.1 cm³/mol. The van der Waals surface area contributed by atoms with Crippen LogP contribution >= 0.6 is 0 Å². The molecule has 0 spiro atoms. The molecule has 0 unspecified atom stereocenters. The first-order valence-corrected chi connectivity index (χ1v) is 7.60. The van der Waals surface area contributed by atoms with Crippen molar-refractivity contribution in [3.63, 3.8) is 0 Å². The van der Waals surface area contributed by atoms with Crippen LogP contribution < -0.4 is 4.74 Å². The number of hydrogen-bond donors (Lipinski definition) is 0. The third-order valence-electron chi connectivity index (χ3n) is 4.02. The van der Waals surface area contributed by atoms with Crippen LogP contribution in [0.25, 0.3) is 5.57 Å². The van der Waals surface area contributed by atoms with Gasteiger partial charge in [0, 0.05) is 18.7 Å². The fourth-order valence-electron chi connectivity index (χ4n) is 2.82. The topological polar surface area (TPSA) is 68.5 Å². The summed E-state index contributed by atoms with van der Waals surface area (Å²) in [5.74, 6) is 0.573. The molecule has 0 radical (unpaired) electrons. The summed E-state index contributed by atoms with van der Waals surface area (Å²) < 4.78 is 10.6. The second-order valence-electron chi connectivity index (χ2n) is 5.43. The van der Waals surface area contributed by atoms with E-state index in [1.807, 2.05) is 35.2 Å². The number of piperidine rings is 1. The van der Waals surface area contributed by atoms with Crippen LogP contribution in [0.5, 0.6) is 6.08 Å². The number of aromatic nitrogens is 2. The molecule has 0 aliphatic carbocycles. The number of carbonyl (C=O) groups is 1. The zero-order valence-corrected chi connectivity index (χ0v) is 13.3. The molecule has 0 atom stereocenters. The minimum Gasteiger partial charge on any atom is -0.452 e. The second kappa shape index (κ2) is 6.68. The van der Waals surface area contributed by atoms with E-state index in [-0.39, 0.29) is 11.9 Å². The maximum atomic E-state index is 11.5. The molecule has 0 N–H and O–H groups in total. The Kier molecular flexibility index (Phi) is 4.46. The summed E-state index contributed by atoms with van der Waals surface area (Å²) >= 11 is 0. The summed E-state index contributed by atoms with van der Waals surface area (Å²) in [5.41, 5.74) is 3.20. The summed E-state index contributed by atoms with van der Waals surface area (Å²) in [5, 5.41) is 7.99. The molecule has 2 aromatic rings. The molecule has 23 heavy (non-hydrogen) atoms. The van der Waals surface area contributed by atoms with Crippen molar-refractivity contribution in [3.8, 4) is 6.08 Å². The summed E-state index contributed by atoms with van der Waals surface area (Å²) in [7, 11) is 3.10. The predicted octanol–water partition coefficient (Wildman–Crippen LogP) is 1.73. The van der Waals surface area contributed by atoms with Crippen molar-refractivity contribution in [2.45, 2.75) is 12.8 Å². The number of amides is 1. The largest absolute Gasteiger partial charge is 0.452 e. The Morgan fingerprint density at radius 1 is 1.22 bits per heavy atom. The van der Waals surface area contributed by atoms with Gasteiger partial charge in [0.05, 0.1) is 7.11 Å². The van der Waals surface area contributed by atoms with Crippen molar-refractivity contribution >= 4 is 19.2 Å². The third kappa shape index (κ3) is 3.28. The van der Waals surface area contributed by atoms with Gasteiger partial charge in [-0.25, -0.2) is 0 Å². The first-order chi connectivity index (χ1) is 11.2. The number of hydrogen-bond acceptors (Lipinski definition) is 5. The standard InChI is InChI=1S/C16H18BN3O3/c1-22-16-19-18-14(23-16)13(11-5-3-2-4-6-11)12-7-9-20(10-8-12)15(17)21/h2-6H,7-10,17H2,1H3. The molecular formula is C16H18BN3O3. The average Bonchev–Trinajstić information content (AvgIpc) is 3.05. The van der Waals surface area contributed by atoms with Gasteiger partial charge in [-0.1, -0.05) is 41.0 Å². The zero-order valence-electron chi connectivity index (χ0n) is 13.3. The molecule has 0 saturated carbocycles. The Hall–Kier alpha value is -2.57. The highest BCUT2D eigenvalue weighted by Crippen LogP contribution is 2.32. The molecule has 1 fully saturated rings. The molecule has 1 saturated heterocycles. The number of ether oxygens (including phenoxy) is 1. The van der Waals surface area contributed by atoms with Crippen molar-refractivity contribution in [2.24, 2.45) is 0 Å². The van der Waals surface area contributed by atoms with Gasteiger partial charge in [0.2, 0.25) is 7.85 Å². The Morgan fingerprint density at radius 2 is 1.91 bits per heavy atom. The third-order valence-corrected chi connectivity index (χ3v) is 4.02. The van der Waals surface area contributed by atoms with Gasteiger partial charge < -0.3 is 14.1 Å². The van der Waals surface area contributed by atoms with E-state index in [4.69, 9.17) is 9.15 Å². The number of rotatable bonds is 3. The molecule has 118 valence electrons. The van der Waals surface area contributed by atoms with E-state index < -0.39 is 0 Å². The number of carbonyl (C=O) groups excluding carboxylic acids is 1. The van der Waals surface area contributed by atoms with E-state index in [1.165, 1.54) is 12.7 Å². The first-order valence-electron chi connectivity index (χ1n) is 7.60. The number of likely N-dealkylation sites (tertiary alicyclic amines) is 1. The van der Waals surface area contributed by atoms with Crippen molar-refractivity contribution in [1.82, 2.24) is 15.1 Å². The van der Waals surface area contributed by atoms with Crippen molar-refractivity contribution < 1.29 is 13.9 Å². The maximum Gasteiger partial charge on any atom is 0.414 e. The first kappa shape index (κ1) is 15.3. The number of benzene rings is 1. The minimum absolute atomic E-state index is 0.116. The molecule has 3 rings (SSSR count). The Labute approximate surface area is 135 Å². The molecular weight excluding hydrogens is 293 g/mol. The average molecular weight is 311 g/mol. The Balaban J connectivity index is 1.99. The molecule has 2 heterocycles. The van der Waals surface area contributed by atoms with Crippen molar-refractivity contribution in [2.75, 3.05) is 20.2 Å². The lowest BCUT2D eigenvalue weighted by Crippen LogP contribution is -2.35. The van der Waals surface area contributed by atoms with Crippen LogP contribution in [0.15, 0.2) is 40.3 Å². The molecule has 6 nitrogen and oxygen atoms in total. The number of methoxy groups -OCH3 is 1. The van der Waals surface area contributed by atoms with Crippen LogP contribution in [-0.4, -0.2) is 48.9 Å². The molecule has 1 aromatic carbocycles. The highest BCUT2D eigenvalue weighted by atomic mass is 16.6. The minimum atomic E-state index is 0.116. The zero-order chi connectivity index (χ0) is 16.2. The van der Waals surface area contributed by atoms with Crippen LogP contribution in [0.4, 0.5) is 4.79 Å². The van der Waals surface area contributed by atoms with E-state index in [2.05, 4.69) is 10.2 Å². The Bertz CT molecular complexity index is 717. The van der Waals surface area contributed by atoms with Crippen LogP contribution in [0.3, 0.4) is 0 Å². The molecule has 0 bridgehead atoms. The van der Waals surface area contributed by atoms with Crippen LogP contribution in [0.2, 0.25) is 0 Å². The highest BCUT2D eigenvalue weighted by Gasteiger charge is 2.23. The van der Waals surface area contributed by atoms with Gasteiger partial charge >= 0.3 is 6.08 Å². The highest BCUT2D eigenvalue weighted by molar-refractivity contribution is 6.56. The van der Waals surface area contributed by atoms with Crippen LogP contribution in [0.1, 0.15) is 24.3 Å². The van der Waals surface area contributed by atoms with Gasteiger partial charge in [-0.2, -0.15) is 0 Å². The molecule has 1 amide bonds. The Morgan fingerprint density at radius 3 is 2.48 bits per heavy atom. The summed E-state index contributed by atoms with van der Waals surface area (Å²) in [4.78, 5) is 13.4. The molecule has 7 heteroatoms. The fourth-order valence-corrected chi connectivity index (χ4v) is 2.82. The molecule has 1 aliphatic heterocycles. The lowest BCUT2D eigenvalue weighted by Gasteiger charge is -2.29. The second-order valence-corrected chi connectivity index (χ2v) is 5.43. The number of nitrogens with zero attached hydrogens (tertiary/aromatic N) is 3. The smallest absolute Gasteiger partial charge is 0.414 e. The van der Waals surface area contributed by atoms with E-state index in [1.54, 1.807) is 7.85 Å². The fraction of sp³-hybridized carbons (Fsp3) is 0.312. The van der Waals surface area contributed by atoms with Crippen LogP contribution in [-0.2, 0) is 0 Å². The molecule has 1 aliphatic rings. The van der Waals surface area contributed by atoms with Gasteiger partial charge in [0.15, 0.2) is 5.81 Å². The van der Waals surface area contributed by atoms with Gasteiger partial charge in [0.1, 0.15) is 0 Å². The summed E-state index contributed by atoms with van der Waals surface area (Å²) in [6, 6.07) is 9.98. The molecule has 1 aromatic heterocycles. The van der Waals surface area contributed by atoms with E-state index >= 15 is 0 Å². The van der Waals surface area contributed by atoms with Gasteiger partial charge in [0.25, 0.3) is 5.89 Å². The maximum absolute atomic E-state index is 11.5. The van der Waals surface area contributed by atoms with E-state index in [0.717, 1.165) is 24.0 Å². The van der Waals surface area contributed by atoms with Crippen LogP contribution in [0, 0.1) is 0 Å². The van der Waals surface area contributed by atoms with Crippen molar-refractivity contribution in [3.05, 3.63) is 47.4 Å². The van der Waals surface area contributed by atoms with E-state index in [0.29, 0.717) is 19.0 Å². The van der Waals surface area contributed by atoms with Crippen molar-refractivity contribution in [1.29, 1.82) is 0 Å². The lowest BCUT2D eigenvalue weighted by molar-refractivity contribution is 0.217. The summed E-state index contributed by atoms with van der Waals surface area (Å²) in [6.07, 6.45) is 1.75. The quantitative estimate of drug-likeness (QED) is 0.808. The van der Waals surface area contributed by atoms with Gasteiger partial charge in [-0.15, -0.1) is 5.10 Å². The summed E-state index contributed by atoms with van der Waals surface area (Å²) in [6.45, 7) is 1.43. The van der Waals surface area contributed by atoms with Gasteiger partial charge in [-0.3, -0.25) is 4.79 Å². The lowest BCUT2D eigenvalue weighted by atomic mass is 9.92. The SMILES string of the molecule is BC(=O)N1CCC(=C(c2ccccc2)c2nnc(OC)o2)CC1. The monoisotopic (exact) mass is 311 g/mol.